The van der Waals surface area contributed by atoms with Crippen molar-refractivity contribution in [1.29, 1.82) is 0 Å². The van der Waals surface area contributed by atoms with Crippen LogP contribution in [0.15, 0.2) is 42.5 Å². The standard InChI is InChI=1S/C22H29NO/c1-16(2)20-11-9-19(10-12-20)6-5-13-23-22(24)15-21-14-17(3)7-8-18(21)4/h7-12,14,16H,5-6,13,15H2,1-4H3,(H,23,24). The van der Waals surface area contributed by atoms with Crippen LogP contribution in [0.4, 0.5) is 0 Å². The van der Waals surface area contributed by atoms with Crippen molar-refractivity contribution >= 4 is 5.91 Å². The molecule has 2 heteroatoms. The number of hydrogen-bond acceptors (Lipinski definition) is 1. The summed E-state index contributed by atoms with van der Waals surface area (Å²) in [5.74, 6) is 0.683. The third-order valence-corrected chi connectivity index (χ3v) is 4.47. The van der Waals surface area contributed by atoms with Gasteiger partial charge in [-0.2, -0.15) is 0 Å². The van der Waals surface area contributed by atoms with Crippen LogP contribution in [0.25, 0.3) is 0 Å². The molecule has 0 bridgehead atoms. The highest BCUT2D eigenvalue weighted by Gasteiger charge is 2.06. The largest absolute Gasteiger partial charge is 0.356 e. The molecule has 0 radical (unpaired) electrons. The van der Waals surface area contributed by atoms with Gasteiger partial charge in [0.1, 0.15) is 0 Å². The Morgan fingerprint density at radius 3 is 2.42 bits per heavy atom. The fourth-order valence-electron chi connectivity index (χ4n) is 2.82. The lowest BCUT2D eigenvalue weighted by molar-refractivity contribution is -0.120. The summed E-state index contributed by atoms with van der Waals surface area (Å²) in [4.78, 5) is 12.1. The lowest BCUT2D eigenvalue weighted by Gasteiger charge is -2.09. The van der Waals surface area contributed by atoms with Crippen LogP contribution in [0.1, 0.15) is 54.0 Å². The molecule has 0 saturated heterocycles. The minimum Gasteiger partial charge on any atom is -0.356 e. The maximum atomic E-state index is 12.1. The maximum Gasteiger partial charge on any atom is 0.224 e. The predicted molar refractivity (Wildman–Crippen MR) is 101 cm³/mol. The molecule has 0 spiro atoms. The molecule has 2 nitrogen and oxygen atoms in total. The van der Waals surface area contributed by atoms with Gasteiger partial charge in [0.25, 0.3) is 0 Å². The molecule has 2 aromatic rings. The molecule has 128 valence electrons. The minimum absolute atomic E-state index is 0.110. The monoisotopic (exact) mass is 323 g/mol. The molecule has 2 rings (SSSR count). The first-order valence-corrected chi connectivity index (χ1v) is 8.87. The van der Waals surface area contributed by atoms with Crippen molar-refractivity contribution in [2.45, 2.75) is 52.9 Å². The number of nitrogens with one attached hydrogen (secondary N) is 1. The first-order valence-electron chi connectivity index (χ1n) is 8.87. The Kier molecular flexibility index (Phi) is 6.60. The first-order chi connectivity index (χ1) is 11.5. The number of carbonyl (C=O) groups excluding carboxylic acids is 1. The maximum absolute atomic E-state index is 12.1. The highest BCUT2D eigenvalue weighted by atomic mass is 16.1. The van der Waals surface area contributed by atoms with Crippen molar-refractivity contribution < 1.29 is 4.79 Å². The average Bonchev–Trinajstić information content (AvgIpc) is 2.55. The quantitative estimate of drug-likeness (QED) is 0.734. The summed E-state index contributed by atoms with van der Waals surface area (Å²) in [6.45, 7) is 9.27. The molecule has 0 atom stereocenters. The van der Waals surface area contributed by atoms with Crippen LogP contribution in [0.2, 0.25) is 0 Å². The third-order valence-electron chi connectivity index (χ3n) is 4.47. The molecule has 0 unspecified atom stereocenters. The summed E-state index contributed by atoms with van der Waals surface area (Å²) in [5.41, 5.74) is 6.22. The van der Waals surface area contributed by atoms with Crippen LogP contribution in [-0.4, -0.2) is 12.5 Å². The van der Waals surface area contributed by atoms with Crippen LogP contribution in [0.3, 0.4) is 0 Å². The molecule has 0 fully saturated rings. The molecule has 0 aliphatic heterocycles. The second kappa shape index (κ2) is 8.68. The van der Waals surface area contributed by atoms with E-state index >= 15 is 0 Å². The van der Waals surface area contributed by atoms with E-state index < -0.39 is 0 Å². The Hall–Kier alpha value is -2.09. The Bertz CT molecular complexity index is 671. The summed E-state index contributed by atoms with van der Waals surface area (Å²) >= 11 is 0. The van der Waals surface area contributed by atoms with Gasteiger partial charge in [0.2, 0.25) is 5.91 Å². The SMILES string of the molecule is Cc1ccc(C)c(CC(=O)NCCCc2ccc(C(C)C)cc2)c1. The summed E-state index contributed by atoms with van der Waals surface area (Å²) in [7, 11) is 0. The zero-order valence-corrected chi connectivity index (χ0v) is 15.4. The van der Waals surface area contributed by atoms with Crippen LogP contribution in [0.5, 0.6) is 0 Å². The van der Waals surface area contributed by atoms with Crippen molar-refractivity contribution in [3.63, 3.8) is 0 Å². The second-order valence-corrected chi connectivity index (χ2v) is 6.96. The first kappa shape index (κ1) is 18.3. The lowest BCUT2D eigenvalue weighted by atomic mass is 10.0. The van der Waals surface area contributed by atoms with Crippen molar-refractivity contribution in [2.75, 3.05) is 6.54 Å². The second-order valence-electron chi connectivity index (χ2n) is 6.96. The highest BCUT2D eigenvalue weighted by molar-refractivity contribution is 5.78. The Morgan fingerprint density at radius 2 is 1.75 bits per heavy atom. The van der Waals surface area contributed by atoms with Crippen molar-refractivity contribution in [2.24, 2.45) is 0 Å². The third kappa shape index (κ3) is 5.52. The van der Waals surface area contributed by atoms with Crippen molar-refractivity contribution in [3.8, 4) is 0 Å². The molecular weight excluding hydrogens is 294 g/mol. The normalized spacial score (nSPS) is 10.9. The van der Waals surface area contributed by atoms with Gasteiger partial charge in [-0.15, -0.1) is 0 Å². The van der Waals surface area contributed by atoms with Gasteiger partial charge in [-0.3, -0.25) is 4.79 Å². The molecular formula is C22H29NO. The van der Waals surface area contributed by atoms with Gasteiger partial charge in [-0.1, -0.05) is 61.9 Å². The van der Waals surface area contributed by atoms with Crippen LogP contribution >= 0.6 is 0 Å². The predicted octanol–water partition coefficient (Wildman–Crippen LogP) is 4.72. The smallest absolute Gasteiger partial charge is 0.224 e. The number of hydrogen-bond donors (Lipinski definition) is 1. The number of carbonyl (C=O) groups is 1. The van der Waals surface area contributed by atoms with Crippen molar-refractivity contribution in [1.82, 2.24) is 5.32 Å². The van der Waals surface area contributed by atoms with E-state index in [1.807, 2.05) is 0 Å². The molecule has 2 aromatic carbocycles. The molecule has 0 saturated carbocycles. The molecule has 1 N–H and O–H groups in total. The number of aryl methyl sites for hydroxylation is 3. The van der Waals surface area contributed by atoms with Gasteiger partial charge in [-0.25, -0.2) is 0 Å². The van der Waals surface area contributed by atoms with Gasteiger partial charge in [0.15, 0.2) is 0 Å². The number of amides is 1. The Labute approximate surface area is 146 Å². The topological polar surface area (TPSA) is 29.1 Å². The van der Waals surface area contributed by atoms with Crippen LogP contribution < -0.4 is 5.32 Å². The van der Waals surface area contributed by atoms with E-state index in [-0.39, 0.29) is 5.91 Å². The number of benzene rings is 2. The summed E-state index contributed by atoms with van der Waals surface area (Å²) in [6, 6.07) is 15.1. The summed E-state index contributed by atoms with van der Waals surface area (Å²) < 4.78 is 0. The lowest BCUT2D eigenvalue weighted by Crippen LogP contribution is -2.26. The van der Waals surface area contributed by atoms with Gasteiger partial charge >= 0.3 is 0 Å². The fourth-order valence-corrected chi connectivity index (χ4v) is 2.82. The van der Waals surface area contributed by atoms with Gasteiger partial charge in [0, 0.05) is 6.54 Å². The van der Waals surface area contributed by atoms with Crippen LogP contribution in [0, 0.1) is 13.8 Å². The van der Waals surface area contributed by atoms with E-state index in [1.165, 1.54) is 22.3 Å². The van der Waals surface area contributed by atoms with E-state index in [2.05, 4.69) is 75.5 Å². The molecule has 0 aromatic heterocycles. The van der Waals surface area contributed by atoms with E-state index in [1.54, 1.807) is 0 Å². The average molecular weight is 323 g/mol. The van der Waals surface area contributed by atoms with E-state index in [9.17, 15) is 4.79 Å². The molecule has 0 aliphatic carbocycles. The van der Waals surface area contributed by atoms with E-state index in [4.69, 9.17) is 0 Å². The summed E-state index contributed by atoms with van der Waals surface area (Å²) in [6.07, 6.45) is 2.44. The zero-order valence-electron chi connectivity index (χ0n) is 15.4. The fraction of sp³-hybridized carbons (Fsp3) is 0.409. The van der Waals surface area contributed by atoms with Gasteiger partial charge in [0.05, 0.1) is 6.42 Å². The molecule has 1 amide bonds. The molecule has 0 heterocycles. The van der Waals surface area contributed by atoms with Crippen molar-refractivity contribution in [3.05, 3.63) is 70.3 Å². The number of rotatable bonds is 7. The van der Waals surface area contributed by atoms with Gasteiger partial charge in [-0.05, 0) is 54.9 Å². The minimum atomic E-state index is 0.110. The van der Waals surface area contributed by atoms with E-state index in [0.717, 1.165) is 24.9 Å². The van der Waals surface area contributed by atoms with Crippen LogP contribution in [-0.2, 0) is 17.6 Å². The molecule has 24 heavy (non-hydrogen) atoms. The summed E-state index contributed by atoms with van der Waals surface area (Å²) in [5, 5.41) is 3.04. The Balaban J connectivity index is 1.73. The highest BCUT2D eigenvalue weighted by Crippen LogP contribution is 2.15. The molecule has 0 aliphatic rings. The Morgan fingerprint density at radius 1 is 1.04 bits per heavy atom. The van der Waals surface area contributed by atoms with Gasteiger partial charge < -0.3 is 5.32 Å². The zero-order chi connectivity index (χ0) is 17.5. The van der Waals surface area contributed by atoms with E-state index in [0.29, 0.717) is 12.3 Å².